The Balaban J connectivity index is 2.06. The first-order chi connectivity index (χ1) is 8.02. The maximum absolute atomic E-state index is 2.52. The number of hydrogen-bond donors (Lipinski definition) is 0. The summed E-state index contributed by atoms with van der Waals surface area (Å²) in [5.74, 6) is 0. The van der Waals surface area contributed by atoms with E-state index < -0.39 is 0 Å². The van der Waals surface area contributed by atoms with Gasteiger partial charge in [0.15, 0.2) is 0 Å². The number of rotatable bonds is 0. The molecule has 1 spiro atoms. The molecule has 2 fully saturated rings. The zero-order valence-electron chi connectivity index (χ0n) is 12.2. The lowest BCUT2D eigenvalue weighted by molar-refractivity contribution is 0.0584. The van der Waals surface area contributed by atoms with Gasteiger partial charge in [0, 0.05) is 0 Å². The summed E-state index contributed by atoms with van der Waals surface area (Å²) in [7, 11) is 2.28. The van der Waals surface area contributed by atoms with Gasteiger partial charge in [-0.3, -0.25) is 0 Å². The maximum Gasteiger partial charge on any atom is -0.00165 e. The quantitative estimate of drug-likeness (QED) is 0.601. The first-order valence-electron chi connectivity index (χ1n) is 7.70. The highest BCUT2D eigenvalue weighted by molar-refractivity contribution is 4.90. The molecule has 1 saturated heterocycles. The highest BCUT2D eigenvalue weighted by atomic mass is 15.1. The molecule has 0 aromatic heterocycles. The summed E-state index contributed by atoms with van der Waals surface area (Å²) in [5.41, 5.74) is 1.28. The van der Waals surface area contributed by atoms with E-state index in [9.17, 15) is 0 Å². The summed E-state index contributed by atoms with van der Waals surface area (Å²) in [6.07, 6.45) is 13.2. The van der Waals surface area contributed by atoms with Crippen LogP contribution in [0.3, 0.4) is 0 Å². The molecule has 17 heavy (non-hydrogen) atoms. The molecule has 0 aromatic rings. The molecular weight excluding hydrogens is 206 g/mol. The van der Waals surface area contributed by atoms with Crippen molar-refractivity contribution in [1.82, 2.24) is 4.90 Å². The minimum atomic E-state index is 0.584. The first-order valence-corrected chi connectivity index (χ1v) is 7.70. The van der Waals surface area contributed by atoms with E-state index in [1.54, 1.807) is 0 Å². The molecule has 1 aliphatic carbocycles. The fourth-order valence-electron chi connectivity index (χ4n) is 4.17. The Kier molecular flexibility index (Phi) is 4.18. The molecule has 2 aliphatic rings. The minimum Gasteiger partial charge on any atom is -0.306 e. The largest absolute Gasteiger partial charge is 0.306 e. The van der Waals surface area contributed by atoms with Gasteiger partial charge in [-0.15, -0.1) is 0 Å². The third-order valence-corrected chi connectivity index (χ3v) is 5.21. The van der Waals surface area contributed by atoms with Gasteiger partial charge in [-0.2, -0.15) is 0 Å². The highest BCUT2D eigenvalue weighted by Crippen LogP contribution is 2.48. The summed E-state index contributed by atoms with van der Waals surface area (Å²) < 4.78 is 0. The standard InChI is InChI=1S/C16H31N/c1-15(2)8-6-4-5-7-9-16(14-15)10-12-17(3)13-11-16/h4-14H2,1-3H3. The van der Waals surface area contributed by atoms with Crippen LogP contribution in [0.25, 0.3) is 0 Å². The van der Waals surface area contributed by atoms with Crippen LogP contribution < -0.4 is 0 Å². The van der Waals surface area contributed by atoms with Crippen molar-refractivity contribution in [3.63, 3.8) is 0 Å². The smallest absolute Gasteiger partial charge is 0.00165 e. The second kappa shape index (κ2) is 5.30. The predicted molar refractivity (Wildman–Crippen MR) is 75.3 cm³/mol. The molecule has 0 unspecified atom stereocenters. The van der Waals surface area contributed by atoms with Gasteiger partial charge in [-0.05, 0) is 63.1 Å². The van der Waals surface area contributed by atoms with E-state index in [-0.39, 0.29) is 0 Å². The number of hydrogen-bond acceptors (Lipinski definition) is 1. The number of nitrogens with zero attached hydrogens (tertiary/aromatic N) is 1. The van der Waals surface area contributed by atoms with Crippen molar-refractivity contribution < 1.29 is 0 Å². The van der Waals surface area contributed by atoms with Gasteiger partial charge in [0.2, 0.25) is 0 Å². The zero-order valence-corrected chi connectivity index (χ0v) is 12.2. The summed E-state index contributed by atoms with van der Waals surface area (Å²) >= 11 is 0. The van der Waals surface area contributed by atoms with Crippen LogP contribution in [-0.2, 0) is 0 Å². The lowest BCUT2D eigenvalue weighted by atomic mass is 9.65. The molecule has 100 valence electrons. The molecule has 2 rings (SSSR count). The topological polar surface area (TPSA) is 3.24 Å². The molecule has 1 aliphatic heterocycles. The van der Waals surface area contributed by atoms with E-state index >= 15 is 0 Å². The van der Waals surface area contributed by atoms with E-state index in [2.05, 4.69) is 25.8 Å². The zero-order chi connectivity index (χ0) is 12.4. The predicted octanol–water partition coefficient (Wildman–Crippen LogP) is 4.47. The molecule has 1 heterocycles. The third kappa shape index (κ3) is 3.71. The van der Waals surface area contributed by atoms with Crippen molar-refractivity contribution >= 4 is 0 Å². The van der Waals surface area contributed by atoms with Crippen LogP contribution >= 0.6 is 0 Å². The van der Waals surface area contributed by atoms with Gasteiger partial charge in [0.25, 0.3) is 0 Å². The molecule has 0 radical (unpaired) electrons. The van der Waals surface area contributed by atoms with E-state index in [4.69, 9.17) is 0 Å². The van der Waals surface area contributed by atoms with Gasteiger partial charge in [-0.1, -0.05) is 39.5 Å². The van der Waals surface area contributed by atoms with Gasteiger partial charge in [0.05, 0.1) is 0 Å². The van der Waals surface area contributed by atoms with Crippen molar-refractivity contribution in [3.8, 4) is 0 Å². The molecule has 0 bridgehead atoms. The van der Waals surface area contributed by atoms with Crippen molar-refractivity contribution in [2.45, 2.75) is 71.6 Å². The lowest BCUT2D eigenvalue weighted by Crippen LogP contribution is -2.40. The lowest BCUT2D eigenvalue weighted by Gasteiger charge is -2.45. The van der Waals surface area contributed by atoms with Crippen LogP contribution in [0.15, 0.2) is 0 Å². The Hall–Kier alpha value is -0.0400. The monoisotopic (exact) mass is 237 g/mol. The van der Waals surface area contributed by atoms with Crippen molar-refractivity contribution in [2.75, 3.05) is 20.1 Å². The molecule has 0 aromatic carbocycles. The average Bonchev–Trinajstić information content (AvgIpc) is 2.33. The number of likely N-dealkylation sites (tertiary alicyclic amines) is 1. The van der Waals surface area contributed by atoms with Crippen LogP contribution in [0.5, 0.6) is 0 Å². The minimum absolute atomic E-state index is 0.584. The summed E-state index contributed by atoms with van der Waals surface area (Å²) in [6.45, 7) is 7.68. The number of piperidine rings is 1. The molecule has 0 amide bonds. The van der Waals surface area contributed by atoms with Gasteiger partial charge >= 0.3 is 0 Å². The Morgan fingerprint density at radius 2 is 1.35 bits per heavy atom. The molecule has 0 atom stereocenters. The third-order valence-electron chi connectivity index (χ3n) is 5.21. The second-order valence-electron chi connectivity index (χ2n) is 7.56. The molecule has 1 heteroatoms. The van der Waals surface area contributed by atoms with Gasteiger partial charge < -0.3 is 4.90 Å². The van der Waals surface area contributed by atoms with Crippen molar-refractivity contribution in [1.29, 1.82) is 0 Å². The van der Waals surface area contributed by atoms with Gasteiger partial charge in [-0.25, -0.2) is 0 Å². The Bertz CT molecular complexity index is 236. The Labute approximate surface area is 108 Å². The fraction of sp³-hybridized carbons (Fsp3) is 1.00. The first kappa shape index (κ1) is 13.4. The Morgan fingerprint density at radius 1 is 0.765 bits per heavy atom. The van der Waals surface area contributed by atoms with E-state index in [1.807, 2.05) is 0 Å². The molecule has 0 N–H and O–H groups in total. The summed E-state index contributed by atoms with van der Waals surface area (Å²) in [5, 5.41) is 0. The highest BCUT2D eigenvalue weighted by Gasteiger charge is 2.38. The Morgan fingerprint density at radius 3 is 2.00 bits per heavy atom. The van der Waals surface area contributed by atoms with Crippen molar-refractivity contribution in [2.24, 2.45) is 10.8 Å². The van der Waals surface area contributed by atoms with Crippen LogP contribution in [0, 0.1) is 10.8 Å². The maximum atomic E-state index is 2.52. The van der Waals surface area contributed by atoms with Crippen LogP contribution in [0.2, 0.25) is 0 Å². The molecule has 1 saturated carbocycles. The van der Waals surface area contributed by atoms with E-state index in [1.165, 1.54) is 70.9 Å². The molecule has 1 nitrogen and oxygen atoms in total. The second-order valence-corrected chi connectivity index (χ2v) is 7.56. The molecular formula is C16H31N. The van der Waals surface area contributed by atoms with Crippen LogP contribution in [-0.4, -0.2) is 25.0 Å². The summed E-state index contributed by atoms with van der Waals surface area (Å²) in [6, 6.07) is 0. The van der Waals surface area contributed by atoms with Crippen LogP contribution in [0.1, 0.15) is 71.6 Å². The SMILES string of the molecule is CN1CCC2(CCCCCCC(C)(C)C2)CC1. The van der Waals surface area contributed by atoms with E-state index in [0.717, 1.165) is 0 Å². The van der Waals surface area contributed by atoms with E-state index in [0.29, 0.717) is 10.8 Å². The average molecular weight is 237 g/mol. The fourth-order valence-corrected chi connectivity index (χ4v) is 4.17. The van der Waals surface area contributed by atoms with Crippen LogP contribution in [0.4, 0.5) is 0 Å². The summed E-state index contributed by atoms with van der Waals surface area (Å²) in [4.78, 5) is 2.52. The van der Waals surface area contributed by atoms with Crippen molar-refractivity contribution in [3.05, 3.63) is 0 Å². The van der Waals surface area contributed by atoms with Gasteiger partial charge in [0.1, 0.15) is 0 Å². The normalized spacial score (nSPS) is 30.5.